The second-order valence-corrected chi connectivity index (χ2v) is 5.75. The molecular weight excluding hydrogens is 324 g/mol. The molecule has 0 bridgehead atoms. The molecule has 1 aliphatic rings. The standard InChI is InChI=1S/C18H18N2O5/c21-16(19-20-17(22)15-6-3-9-24-15)11-25-18(23)14-8-7-12-4-1-2-5-13(12)10-14/h3,6-10H,1-2,4-5,11H2,(H,19,21)(H,20,22). The van der Waals surface area contributed by atoms with Gasteiger partial charge in [-0.3, -0.25) is 20.4 Å². The minimum absolute atomic E-state index is 0.0614. The number of carbonyl (C=O) groups excluding carboxylic acids is 3. The van der Waals surface area contributed by atoms with Crippen molar-refractivity contribution in [2.45, 2.75) is 25.7 Å². The van der Waals surface area contributed by atoms with Crippen LogP contribution in [0.3, 0.4) is 0 Å². The van der Waals surface area contributed by atoms with Gasteiger partial charge in [-0.1, -0.05) is 6.07 Å². The first-order valence-electron chi connectivity index (χ1n) is 8.05. The minimum atomic E-state index is -0.647. The third-order valence-corrected chi connectivity index (χ3v) is 3.98. The van der Waals surface area contributed by atoms with Crippen molar-refractivity contribution in [3.05, 3.63) is 59.0 Å². The Kier molecular flexibility index (Phi) is 5.13. The fourth-order valence-corrected chi connectivity index (χ4v) is 2.71. The number of fused-ring (bicyclic) bond motifs is 1. The van der Waals surface area contributed by atoms with E-state index in [1.54, 1.807) is 12.1 Å². The predicted molar refractivity (Wildman–Crippen MR) is 87.7 cm³/mol. The zero-order valence-corrected chi connectivity index (χ0v) is 13.5. The summed E-state index contributed by atoms with van der Waals surface area (Å²) in [5, 5.41) is 0. The van der Waals surface area contributed by atoms with Gasteiger partial charge in [0.2, 0.25) is 0 Å². The molecule has 0 radical (unpaired) electrons. The van der Waals surface area contributed by atoms with E-state index in [4.69, 9.17) is 9.15 Å². The maximum Gasteiger partial charge on any atom is 0.338 e. The van der Waals surface area contributed by atoms with Crippen LogP contribution in [0.4, 0.5) is 0 Å². The minimum Gasteiger partial charge on any atom is -0.459 e. The van der Waals surface area contributed by atoms with Crippen molar-refractivity contribution in [1.29, 1.82) is 0 Å². The van der Waals surface area contributed by atoms with E-state index < -0.39 is 24.4 Å². The molecule has 7 nitrogen and oxygen atoms in total. The van der Waals surface area contributed by atoms with E-state index in [2.05, 4.69) is 10.9 Å². The predicted octanol–water partition coefficient (Wildman–Crippen LogP) is 1.78. The van der Waals surface area contributed by atoms with Crippen molar-refractivity contribution in [2.75, 3.05) is 6.61 Å². The van der Waals surface area contributed by atoms with Gasteiger partial charge in [0.05, 0.1) is 11.8 Å². The summed E-state index contributed by atoms with van der Waals surface area (Å²) in [4.78, 5) is 35.3. The zero-order valence-electron chi connectivity index (χ0n) is 13.5. The van der Waals surface area contributed by atoms with Crippen LogP contribution in [0.15, 0.2) is 41.0 Å². The van der Waals surface area contributed by atoms with Crippen molar-refractivity contribution >= 4 is 17.8 Å². The van der Waals surface area contributed by atoms with Crippen LogP contribution < -0.4 is 10.9 Å². The highest BCUT2D eigenvalue weighted by molar-refractivity contribution is 5.94. The molecule has 0 unspecified atom stereocenters. The van der Waals surface area contributed by atoms with Crippen LogP contribution >= 0.6 is 0 Å². The SMILES string of the molecule is O=C(COC(=O)c1ccc2c(c1)CCCC2)NNC(=O)c1ccco1. The second-order valence-electron chi connectivity index (χ2n) is 5.75. The van der Waals surface area contributed by atoms with E-state index in [0.717, 1.165) is 24.8 Å². The Morgan fingerprint density at radius 1 is 1.04 bits per heavy atom. The maximum atomic E-state index is 12.1. The molecule has 0 fully saturated rings. The molecule has 1 aromatic carbocycles. The van der Waals surface area contributed by atoms with Crippen LogP contribution in [-0.4, -0.2) is 24.4 Å². The van der Waals surface area contributed by atoms with Crippen LogP contribution in [0, 0.1) is 0 Å². The first-order chi connectivity index (χ1) is 12.1. The summed E-state index contributed by atoms with van der Waals surface area (Å²) in [6.45, 7) is -0.492. The number of carbonyl (C=O) groups is 3. The molecule has 7 heteroatoms. The van der Waals surface area contributed by atoms with E-state index in [9.17, 15) is 14.4 Å². The van der Waals surface area contributed by atoms with Gasteiger partial charge in [0.15, 0.2) is 12.4 Å². The maximum absolute atomic E-state index is 12.1. The Balaban J connectivity index is 1.47. The van der Waals surface area contributed by atoms with Crippen molar-refractivity contribution in [2.24, 2.45) is 0 Å². The van der Waals surface area contributed by atoms with Crippen molar-refractivity contribution in [1.82, 2.24) is 10.9 Å². The summed E-state index contributed by atoms with van der Waals surface area (Å²) in [6, 6.07) is 8.49. The Morgan fingerprint density at radius 2 is 1.84 bits per heavy atom. The Labute approximate surface area is 144 Å². The molecule has 25 heavy (non-hydrogen) atoms. The van der Waals surface area contributed by atoms with Crippen LogP contribution in [0.1, 0.15) is 44.9 Å². The van der Waals surface area contributed by atoms with E-state index in [0.29, 0.717) is 5.56 Å². The Hall–Kier alpha value is -3.09. The molecule has 2 N–H and O–H groups in total. The summed E-state index contributed by atoms with van der Waals surface area (Å²) in [5.41, 5.74) is 7.17. The molecule has 3 rings (SSSR count). The number of rotatable bonds is 4. The highest BCUT2D eigenvalue weighted by Crippen LogP contribution is 2.22. The fourth-order valence-electron chi connectivity index (χ4n) is 2.71. The monoisotopic (exact) mass is 342 g/mol. The average Bonchev–Trinajstić information content (AvgIpc) is 3.18. The normalized spacial score (nSPS) is 12.8. The third-order valence-electron chi connectivity index (χ3n) is 3.98. The van der Waals surface area contributed by atoms with Gasteiger partial charge < -0.3 is 9.15 Å². The number of hydrogen-bond donors (Lipinski definition) is 2. The molecule has 0 aliphatic heterocycles. The molecule has 1 aromatic heterocycles. The molecule has 2 aromatic rings. The number of ether oxygens (including phenoxy) is 1. The van der Waals surface area contributed by atoms with Crippen molar-refractivity contribution in [3.63, 3.8) is 0 Å². The second kappa shape index (κ2) is 7.65. The molecule has 0 spiro atoms. The number of hydrogen-bond acceptors (Lipinski definition) is 5. The topological polar surface area (TPSA) is 97.6 Å². The molecular formula is C18H18N2O5. The Bertz CT molecular complexity index is 783. The lowest BCUT2D eigenvalue weighted by molar-refractivity contribution is -0.125. The molecule has 0 saturated carbocycles. The zero-order chi connectivity index (χ0) is 17.6. The smallest absolute Gasteiger partial charge is 0.338 e. The number of furan rings is 1. The molecule has 2 amide bonds. The lowest BCUT2D eigenvalue weighted by Gasteiger charge is -2.16. The van der Waals surface area contributed by atoms with E-state index in [1.807, 2.05) is 12.1 Å². The number of amides is 2. The molecule has 0 saturated heterocycles. The van der Waals surface area contributed by atoms with Gasteiger partial charge in [-0.15, -0.1) is 0 Å². The van der Waals surface area contributed by atoms with Crippen LogP contribution in [0.25, 0.3) is 0 Å². The lowest BCUT2D eigenvalue weighted by atomic mass is 9.90. The van der Waals surface area contributed by atoms with Crippen LogP contribution in [-0.2, 0) is 22.4 Å². The molecule has 1 heterocycles. The van der Waals surface area contributed by atoms with Crippen molar-refractivity contribution in [3.8, 4) is 0 Å². The van der Waals surface area contributed by atoms with E-state index >= 15 is 0 Å². The Morgan fingerprint density at radius 3 is 2.60 bits per heavy atom. The molecule has 1 aliphatic carbocycles. The quantitative estimate of drug-likeness (QED) is 0.652. The number of esters is 1. The van der Waals surface area contributed by atoms with Gasteiger partial charge >= 0.3 is 11.9 Å². The molecule has 130 valence electrons. The number of nitrogens with one attached hydrogen (secondary N) is 2. The largest absolute Gasteiger partial charge is 0.459 e. The lowest BCUT2D eigenvalue weighted by Crippen LogP contribution is -2.43. The fraction of sp³-hybridized carbons (Fsp3) is 0.278. The summed E-state index contributed by atoms with van der Waals surface area (Å²) in [6.07, 6.45) is 5.61. The molecule has 0 atom stereocenters. The van der Waals surface area contributed by atoms with Crippen molar-refractivity contribution < 1.29 is 23.5 Å². The highest BCUT2D eigenvalue weighted by Gasteiger charge is 2.15. The third kappa shape index (κ3) is 4.26. The highest BCUT2D eigenvalue weighted by atomic mass is 16.5. The van der Waals surface area contributed by atoms with Crippen LogP contribution in [0.2, 0.25) is 0 Å². The first-order valence-corrected chi connectivity index (χ1v) is 8.05. The summed E-state index contributed by atoms with van der Waals surface area (Å²) in [7, 11) is 0. The van der Waals surface area contributed by atoms with Gasteiger partial charge in [0, 0.05) is 0 Å². The van der Waals surface area contributed by atoms with Gasteiger partial charge in [0.25, 0.3) is 5.91 Å². The number of aryl methyl sites for hydroxylation is 2. The summed E-state index contributed by atoms with van der Waals surface area (Å²) >= 11 is 0. The number of benzene rings is 1. The first kappa shape index (κ1) is 16.8. The van der Waals surface area contributed by atoms with E-state index in [1.165, 1.54) is 24.3 Å². The van der Waals surface area contributed by atoms with Gasteiger partial charge in [-0.05, 0) is 61.1 Å². The average molecular weight is 342 g/mol. The van der Waals surface area contributed by atoms with Gasteiger partial charge in [-0.25, -0.2) is 4.79 Å². The summed E-state index contributed by atoms with van der Waals surface area (Å²) < 4.78 is 9.86. The number of hydrazine groups is 1. The van der Waals surface area contributed by atoms with Crippen LogP contribution in [0.5, 0.6) is 0 Å². The van der Waals surface area contributed by atoms with Gasteiger partial charge in [-0.2, -0.15) is 0 Å². The summed E-state index contributed by atoms with van der Waals surface area (Å²) in [5.74, 6) is -1.75. The van der Waals surface area contributed by atoms with E-state index in [-0.39, 0.29) is 5.76 Å². The van der Waals surface area contributed by atoms with Gasteiger partial charge in [0.1, 0.15) is 0 Å².